The number of ether oxygens (including phenoxy) is 1. The molecule has 0 heterocycles. The highest BCUT2D eigenvalue weighted by molar-refractivity contribution is 9.10. The highest BCUT2D eigenvalue weighted by Gasteiger charge is 2.32. The third-order valence-corrected chi connectivity index (χ3v) is 7.22. The van der Waals surface area contributed by atoms with Gasteiger partial charge in [-0.1, -0.05) is 83.4 Å². The zero-order valence-corrected chi connectivity index (χ0v) is 22.2. The second kappa shape index (κ2) is 12.7. The van der Waals surface area contributed by atoms with Gasteiger partial charge < -0.3 is 15.0 Å². The molecule has 2 amide bonds. The number of halogens is 1. The normalized spacial score (nSPS) is 14.3. The number of hydrogen-bond acceptors (Lipinski definition) is 3. The van der Waals surface area contributed by atoms with E-state index in [4.69, 9.17) is 4.74 Å². The van der Waals surface area contributed by atoms with E-state index in [1.807, 2.05) is 78.9 Å². The van der Waals surface area contributed by atoms with Crippen molar-refractivity contribution < 1.29 is 14.3 Å². The van der Waals surface area contributed by atoms with E-state index in [0.29, 0.717) is 13.0 Å². The van der Waals surface area contributed by atoms with Gasteiger partial charge in [0.15, 0.2) is 0 Å². The molecule has 0 saturated heterocycles. The van der Waals surface area contributed by atoms with Crippen LogP contribution in [0.3, 0.4) is 0 Å². The summed E-state index contributed by atoms with van der Waals surface area (Å²) in [6, 6.07) is 24.9. The Morgan fingerprint density at radius 1 is 0.944 bits per heavy atom. The van der Waals surface area contributed by atoms with Gasteiger partial charge in [-0.3, -0.25) is 9.59 Å². The predicted octanol–water partition coefficient (Wildman–Crippen LogP) is 5.70. The number of methoxy groups -OCH3 is 1. The second-order valence-corrected chi connectivity index (χ2v) is 10.3. The molecule has 1 atom stereocenters. The topological polar surface area (TPSA) is 58.6 Å². The van der Waals surface area contributed by atoms with Gasteiger partial charge in [0.05, 0.1) is 13.5 Å². The molecule has 1 fully saturated rings. The molecule has 5 nitrogen and oxygen atoms in total. The quantitative estimate of drug-likeness (QED) is 0.353. The van der Waals surface area contributed by atoms with Gasteiger partial charge in [-0.15, -0.1) is 0 Å². The monoisotopic (exact) mass is 548 g/mol. The molecule has 0 unspecified atom stereocenters. The Balaban J connectivity index is 1.64. The van der Waals surface area contributed by atoms with E-state index < -0.39 is 6.04 Å². The number of carbonyl (C=O) groups excluding carboxylic acids is 2. The summed E-state index contributed by atoms with van der Waals surface area (Å²) in [5.74, 6) is 0.585. The van der Waals surface area contributed by atoms with Crippen molar-refractivity contribution in [2.75, 3.05) is 7.11 Å². The van der Waals surface area contributed by atoms with Gasteiger partial charge in [-0.2, -0.15) is 0 Å². The minimum Gasteiger partial charge on any atom is -0.497 e. The zero-order chi connectivity index (χ0) is 25.3. The van der Waals surface area contributed by atoms with Crippen molar-refractivity contribution in [2.45, 2.75) is 57.2 Å². The zero-order valence-electron chi connectivity index (χ0n) is 20.7. The van der Waals surface area contributed by atoms with Crippen molar-refractivity contribution in [3.05, 3.63) is 100 Å². The van der Waals surface area contributed by atoms with Crippen LogP contribution in [-0.4, -0.2) is 35.9 Å². The highest BCUT2D eigenvalue weighted by Crippen LogP contribution is 2.22. The first-order valence-electron chi connectivity index (χ1n) is 12.5. The Hall–Kier alpha value is -3.12. The van der Waals surface area contributed by atoms with Crippen LogP contribution < -0.4 is 10.1 Å². The van der Waals surface area contributed by atoms with Gasteiger partial charge in [0, 0.05) is 23.5 Å². The maximum Gasteiger partial charge on any atom is 0.243 e. The first kappa shape index (κ1) is 26.0. The number of amides is 2. The van der Waals surface area contributed by atoms with Crippen molar-refractivity contribution in [1.29, 1.82) is 0 Å². The van der Waals surface area contributed by atoms with Crippen LogP contribution in [0.15, 0.2) is 83.3 Å². The van der Waals surface area contributed by atoms with E-state index in [1.54, 1.807) is 12.0 Å². The lowest BCUT2D eigenvalue weighted by Gasteiger charge is -2.32. The summed E-state index contributed by atoms with van der Waals surface area (Å²) in [6.45, 7) is 0.351. The summed E-state index contributed by atoms with van der Waals surface area (Å²) < 4.78 is 6.20. The van der Waals surface area contributed by atoms with Crippen LogP contribution in [-0.2, 0) is 29.0 Å². The van der Waals surface area contributed by atoms with Crippen LogP contribution in [0, 0.1) is 0 Å². The standard InChI is InChI=1S/C30H33BrN2O3/c1-36-27-16-14-23(15-17-27)20-29(34)33(21-24-10-7-11-25(31)18-24)28(19-22-8-3-2-4-9-22)30(35)32-26-12-5-6-13-26/h2-4,7-11,14-18,26,28H,5-6,12-13,19-21H2,1H3,(H,32,35)/t28-/m0/s1. The largest absolute Gasteiger partial charge is 0.497 e. The first-order chi connectivity index (χ1) is 17.5. The van der Waals surface area contributed by atoms with Crippen LogP contribution >= 0.6 is 15.9 Å². The van der Waals surface area contributed by atoms with Crippen LogP contribution in [0.5, 0.6) is 5.75 Å². The van der Waals surface area contributed by atoms with Crippen molar-refractivity contribution in [3.8, 4) is 5.75 Å². The molecule has 6 heteroatoms. The molecule has 3 aromatic rings. The van der Waals surface area contributed by atoms with E-state index in [2.05, 4.69) is 21.2 Å². The molecule has 0 spiro atoms. The molecule has 36 heavy (non-hydrogen) atoms. The lowest BCUT2D eigenvalue weighted by Crippen LogP contribution is -2.52. The average molecular weight is 550 g/mol. The van der Waals surface area contributed by atoms with Crippen molar-refractivity contribution >= 4 is 27.7 Å². The second-order valence-electron chi connectivity index (χ2n) is 9.37. The third kappa shape index (κ3) is 7.20. The fourth-order valence-corrected chi connectivity index (χ4v) is 5.22. The molecule has 1 aliphatic carbocycles. The van der Waals surface area contributed by atoms with Gasteiger partial charge in [0.25, 0.3) is 0 Å². The van der Waals surface area contributed by atoms with Gasteiger partial charge in [0.2, 0.25) is 11.8 Å². The lowest BCUT2D eigenvalue weighted by molar-refractivity contribution is -0.141. The highest BCUT2D eigenvalue weighted by atomic mass is 79.9. The molecule has 1 aliphatic rings. The molecule has 3 aromatic carbocycles. The van der Waals surface area contributed by atoms with Crippen LogP contribution in [0.25, 0.3) is 0 Å². The van der Waals surface area contributed by atoms with E-state index >= 15 is 0 Å². The number of nitrogens with one attached hydrogen (secondary N) is 1. The van der Waals surface area contributed by atoms with E-state index in [1.165, 1.54) is 0 Å². The van der Waals surface area contributed by atoms with Gasteiger partial charge in [-0.05, 0) is 53.8 Å². The Morgan fingerprint density at radius 3 is 2.31 bits per heavy atom. The van der Waals surface area contributed by atoms with Gasteiger partial charge >= 0.3 is 0 Å². The van der Waals surface area contributed by atoms with Crippen LogP contribution in [0.1, 0.15) is 42.4 Å². The van der Waals surface area contributed by atoms with Crippen molar-refractivity contribution in [1.82, 2.24) is 10.2 Å². The number of nitrogens with zero attached hydrogens (tertiary/aromatic N) is 1. The molecule has 0 aromatic heterocycles. The molecule has 0 radical (unpaired) electrons. The molecule has 4 rings (SSSR count). The fourth-order valence-electron chi connectivity index (χ4n) is 4.77. The summed E-state index contributed by atoms with van der Waals surface area (Å²) >= 11 is 3.54. The molecule has 1 N–H and O–H groups in total. The van der Waals surface area contributed by atoms with Crippen LogP contribution in [0.4, 0.5) is 0 Å². The summed E-state index contributed by atoms with van der Waals surface area (Å²) in [6.07, 6.45) is 4.92. The van der Waals surface area contributed by atoms with E-state index in [0.717, 1.165) is 52.6 Å². The maximum atomic E-state index is 13.8. The van der Waals surface area contributed by atoms with Crippen molar-refractivity contribution in [3.63, 3.8) is 0 Å². The molecule has 188 valence electrons. The van der Waals surface area contributed by atoms with E-state index in [9.17, 15) is 9.59 Å². The summed E-state index contributed by atoms with van der Waals surface area (Å²) in [5, 5.41) is 3.25. The Labute approximate surface area is 222 Å². The number of hydrogen-bond donors (Lipinski definition) is 1. The van der Waals surface area contributed by atoms with Crippen molar-refractivity contribution in [2.24, 2.45) is 0 Å². The average Bonchev–Trinajstić information content (AvgIpc) is 3.40. The summed E-state index contributed by atoms with van der Waals surface area (Å²) in [4.78, 5) is 29.3. The summed E-state index contributed by atoms with van der Waals surface area (Å²) in [7, 11) is 1.62. The predicted molar refractivity (Wildman–Crippen MR) is 146 cm³/mol. The Bertz CT molecular complexity index is 1140. The first-order valence-corrected chi connectivity index (χ1v) is 13.3. The minimum absolute atomic E-state index is 0.0798. The molecule has 1 saturated carbocycles. The molecular formula is C30H33BrN2O3. The number of benzene rings is 3. The smallest absolute Gasteiger partial charge is 0.243 e. The Morgan fingerprint density at radius 2 is 1.64 bits per heavy atom. The van der Waals surface area contributed by atoms with Gasteiger partial charge in [-0.25, -0.2) is 0 Å². The van der Waals surface area contributed by atoms with E-state index in [-0.39, 0.29) is 24.3 Å². The third-order valence-electron chi connectivity index (χ3n) is 6.73. The number of rotatable bonds is 10. The molecular weight excluding hydrogens is 516 g/mol. The van der Waals surface area contributed by atoms with Crippen LogP contribution in [0.2, 0.25) is 0 Å². The fraction of sp³-hybridized carbons (Fsp3) is 0.333. The summed E-state index contributed by atoms with van der Waals surface area (Å²) in [5.41, 5.74) is 2.88. The molecule has 0 aliphatic heterocycles. The maximum absolute atomic E-state index is 13.8. The molecule has 0 bridgehead atoms. The van der Waals surface area contributed by atoms with Gasteiger partial charge in [0.1, 0.15) is 11.8 Å². The Kier molecular flexibility index (Phi) is 9.17. The minimum atomic E-state index is -0.613. The lowest BCUT2D eigenvalue weighted by atomic mass is 10.0. The SMILES string of the molecule is COc1ccc(CC(=O)N(Cc2cccc(Br)c2)[C@@H](Cc2ccccc2)C(=O)NC2CCCC2)cc1. The number of carbonyl (C=O) groups is 2.